The van der Waals surface area contributed by atoms with Gasteiger partial charge in [-0.1, -0.05) is 23.7 Å². The number of amides is 1. The molecule has 1 rings (SSSR count). The molecule has 0 heterocycles. The fraction of sp³-hybridized carbons (Fsp3) is 0.357. The summed E-state index contributed by atoms with van der Waals surface area (Å²) in [6.07, 6.45) is -0.955. The number of hydrogen-bond donors (Lipinski definition) is 1. The van der Waals surface area contributed by atoms with Crippen LogP contribution in [0.4, 0.5) is 4.79 Å². The predicted molar refractivity (Wildman–Crippen MR) is 74.7 cm³/mol. The maximum atomic E-state index is 11.6. The van der Waals surface area contributed by atoms with E-state index in [0.29, 0.717) is 10.6 Å². The van der Waals surface area contributed by atoms with Crippen LogP contribution in [0.5, 0.6) is 0 Å². The number of aliphatic carboxylic acids is 1. The fourth-order valence-corrected chi connectivity index (χ4v) is 1.76. The van der Waals surface area contributed by atoms with E-state index in [0.717, 1.165) is 0 Å². The molecule has 23 heavy (non-hydrogen) atoms. The monoisotopic (exact) mass is 351 g/mol. The van der Waals surface area contributed by atoms with Gasteiger partial charge in [0.15, 0.2) is 0 Å². The number of carboxylic acid groups (broad SMARTS) is 1. The van der Waals surface area contributed by atoms with Gasteiger partial charge in [0.25, 0.3) is 0 Å². The van der Waals surface area contributed by atoms with Crippen molar-refractivity contribution in [3.05, 3.63) is 34.9 Å². The van der Waals surface area contributed by atoms with Gasteiger partial charge in [0.05, 0.1) is 6.04 Å². The Morgan fingerprint density at radius 2 is 1.83 bits per heavy atom. The molecular weight excluding hydrogens is 337 g/mol. The van der Waals surface area contributed by atoms with Gasteiger partial charge in [-0.2, -0.15) is 0 Å². The zero-order valence-electron chi connectivity index (χ0n) is 12.8. The van der Waals surface area contributed by atoms with Crippen LogP contribution in [0, 0.1) is 0 Å². The predicted octanol–water partition coefficient (Wildman–Crippen LogP) is -1.84. The van der Waals surface area contributed by atoms with Gasteiger partial charge in [0.1, 0.15) is 0 Å². The summed E-state index contributed by atoms with van der Waals surface area (Å²) in [4.78, 5) is 32.8. The smallest absolute Gasteiger partial charge is 0.550 e. The van der Waals surface area contributed by atoms with E-state index in [1.54, 1.807) is 24.3 Å². The summed E-state index contributed by atoms with van der Waals surface area (Å²) in [6, 6.07) is 5.97. The molecule has 120 valence electrons. The number of carbonyl (C=O) groups excluding carboxylic acids is 3. The summed E-state index contributed by atoms with van der Waals surface area (Å²) < 4.78 is 9.12. The van der Waals surface area contributed by atoms with Gasteiger partial charge >= 0.3 is 41.6 Å². The van der Waals surface area contributed by atoms with Gasteiger partial charge in [-0.15, -0.1) is 0 Å². The minimum absolute atomic E-state index is 0. The molecule has 7 nitrogen and oxygen atoms in total. The Kier molecular flexibility index (Phi) is 10.7. The number of nitrogens with one attached hydrogen (secondary N) is 1. The third-order valence-corrected chi connectivity index (χ3v) is 2.91. The second-order valence-corrected chi connectivity index (χ2v) is 4.78. The average Bonchev–Trinajstić information content (AvgIpc) is 2.44. The van der Waals surface area contributed by atoms with Crippen LogP contribution >= 0.6 is 11.6 Å². The molecule has 1 N–H and O–H groups in total. The maximum absolute atomic E-state index is 11.6. The van der Waals surface area contributed by atoms with E-state index in [1.807, 2.05) is 0 Å². The molecule has 0 aliphatic heterocycles. The van der Waals surface area contributed by atoms with Crippen LogP contribution < -0.4 is 40.0 Å². The van der Waals surface area contributed by atoms with Crippen molar-refractivity contribution < 1.29 is 58.5 Å². The Morgan fingerprint density at radius 1 is 1.22 bits per heavy atom. The first-order valence-corrected chi connectivity index (χ1v) is 6.78. The van der Waals surface area contributed by atoms with E-state index in [1.165, 1.54) is 6.92 Å². The van der Waals surface area contributed by atoms with Crippen LogP contribution in [-0.2, 0) is 19.1 Å². The number of carbonyl (C=O) groups is 3. The van der Waals surface area contributed by atoms with Crippen molar-refractivity contribution >= 4 is 29.6 Å². The van der Waals surface area contributed by atoms with Crippen LogP contribution in [0.25, 0.3) is 0 Å². The van der Waals surface area contributed by atoms with Crippen molar-refractivity contribution in [2.75, 3.05) is 6.79 Å². The minimum Gasteiger partial charge on any atom is -0.550 e. The average molecular weight is 352 g/mol. The van der Waals surface area contributed by atoms with Crippen molar-refractivity contribution in [2.24, 2.45) is 0 Å². The van der Waals surface area contributed by atoms with Crippen molar-refractivity contribution in [3.63, 3.8) is 0 Å². The summed E-state index contributed by atoms with van der Waals surface area (Å²) in [7, 11) is 0. The maximum Gasteiger partial charge on any atom is 1.00 e. The van der Waals surface area contributed by atoms with E-state index >= 15 is 0 Å². The number of hydrogen-bond acceptors (Lipinski definition) is 6. The van der Waals surface area contributed by atoms with Crippen LogP contribution in [0.3, 0.4) is 0 Å². The molecule has 0 fully saturated rings. The van der Waals surface area contributed by atoms with Gasteiger partial charge < -0.3 is 24.7 Å². The number of ether oxygens (including phenoxy) is 2. The summed E-state index contributed by atoms with van der Waals surface area (Å²) >= 11 is 5.78. The Bertz CT molecular complexity index is 537. The molecule has 1 amide bonds. The number of carboxylic acids is 1. The standard InChI is InChI=1S/C14H16ClNO6.Na/c1-9(17)21-8-22-14(20)16-12(6-7-13(18)19)10-2-4-11(15)5-3-10;/h2-5,12H,6-8H2,1H3,(H,16,20)(H,18,19);/q;+1/p-1. The van der Waals surface area contributed by atoms with Crippen molar-refractivity contribution in [1.82, 2.24) is 5.32 Å². The van der Waals surface area contributed by atoms with E-state index < -0.39 is 30.9 Å². The fourth-order valence-electron chi connectivity index (χ4n) is 1.63. The zero-order valence-corrected chi connectivity index (χ0v) is 15.6. The number of esters is 1. The molecule has 0 aliphatic rings. The van der Waals surface area contributed by atoms with E-state index in [4.69, 9.17) is 11.6 Å². The number of halogens is 1. The number of rotatable bonds is 7. The minimum atomic E-state index is -1.23. The molecule has 9 heteroatoms. The molecule has 0 spiro atoms. The normalized spacial score (nSPS) is 10.9. The molecule has 0 aliphatic carbocycles. The van der Waals surface area contributed by atoms with Gasteiger partial charge in [-0.05, 0) is 30.5 Å². The van der Waals surface area contributed by atoms with Crippen molar-refractivity contribution in [1.29, 1.82) is 0 Å². The van der Waals surface area contributed by atoms with E-state index in [2.05, 4.69) is 14.8 Å². The van der Waals surface area contributed by atoms with Crippen LogP contribution in [0.2, 0.25) is 5.02 Å². The molecule has 1 aromatic carbocycles. The molecule has 1 aromatic rings. The van der Waals surface area contributed by atoms with Crippen LogP contribution in [0.15, 0.2) is 24.3 Å². The molecule has 1 unspecified atom stereocenters. The van der Waals surface area contributed by atoms with Gasteiger partial charge in [0, 0.05) is 17.9 Å². The third kappa shape index (κ3) is 9.45. The third-order valence-electron chi connectivity index (χ3n) is 2.65. The second kappa shape index (κ2) is 11.3. The topological polar surface area (TPSA) is 105 Å². The Morgan fingerprint density at radius 3 is 2.35 bits per heavy atom. The first kappa shape index (κ1) is 21.7. The van der Waals surface area contributed by atoms with Crippen LogP contribution in [0.1, 0.15) is 31.4 Å². The second-order valence-electron chi connectivity index (χ2n) is 4.34. The van der Waals surface area contributed by atoms with Crippen LogP contribution in [-0.4, -0.2) is 24.8 Å². The summed E-state index contributed by atoms with van der Waals surface area (Å²) in [6.45, 7) is 0.659. The number of benzene rings is 1. The first-order chi connectivity index (χ1) is 10.4. The first-order valence-electron chi connectivity index (χ1n) is 6.40. The molecule has 0 bridgehead atoms. The Balaban J connectivity index is 0.00000484. The molecule has 0 saturated heterocycles. The molecular formula is C14H15ClNNaO6. The van der Waals surface area contributed by atoms with E-state index in [9.17, 15) is 19.5 Å². The summed E-state index contributed by atoms with van der Waals surface area (Å²) in [5, 5.41) is 13.6. The van der Waals surface area contributed by atoms with Gasteiger partial charge in [0.2, 0.25) is 6.79 Å². The Labute approximate surface area is 160 Å². The van der Waals surface area contributed by atoms with Gasteiger partial charge in [-0.3, -0.25) is 4.79 Å². The van der Waals surface area contributed by atoms with Crippen molar-refractivity contribution in [2.45, 2.75) is 25.8 Å². The van der Waals surface area contributed by atoms with E-state index in [-0.39, 0.29) is 42.4 Å². The molecule has 0 aromatic heterocycles. The van der Waals surface area contributed by atoms with Crippen molar-refractivity contribution in [3.8, 4) is 0 Å². The zero-order chi connectivity index (χ0) is 16.5. The summed E-state index contributed by atoms with van der Waals surface area (Å²) in [5.41, 5.74) is 0.662. The quantitative estimate of drug-likeness (QED) is 0.352. The summed E-state index contributed by atoms with van der Waals surface area (Å²) in [5.74, 6) is -1.81. The molecule has 0 saturated carbocycles. The Hall–Kier alpha value is -1.28. The largest absolute Gasteiger partial charge is 1.00 e. The SMILES string of the molecule is CC(=O)OCOC(=O)NC(CCC(=O)[O-])c1ccc(Cl)cc1.[Na+]. The molecule has 1 atom stereocenters. The number of alkyl carbamates (subject to hydrolysis) is 1. The van der Waals surface area contributed by atoms with Gasteiger partial charge in [-0.25, -0.2) is 4.79 Å². The molecule has 0 radical (unpaired) electrons.